The van der Waals surface area contributed by atoms with Crippen molar-refractivity contribution in [3.05, 3.63) is 23.8 Å². The standard InChI is InChI=1S/C19H27N3O3S/c1-13(2)12-22-14(3)21-26(24,25)18-11-15(9-10-17(18)22)19(23)20-16-7-5-4-6-8-16/h9-11,13,16H,4-8,12H2,1-3H3,(H,20,23). The van der Waals surface area contributed by atoms with Crippen LogP contribution in [0.3, 0.4) is 0 Å². The maximum absolute atomic E-state index is 12.6. The number of anilines is 1. The van der Waals surface area contributed by atoms with E-state index in [2.05, 4.69) is 23.6 Å². The van der Waals surface area contributed by atoms with E-state index < -0.39 is 10.0 Å². The van der Waals surface area contributed by atoms with Gasteiger partial charge in [-0.25, -0.2) is 0 Å². The van der Waals surface area contributed by atoms with Crippen LogP contribution in [0.5, 0.6) is 0 Å². The lowest BCUT2D eigenvalue weighted by Crippen LogP contribution is -2.38. The summed E-state index contributed by atoms with van der Waals surface area (Å²) in [5.41, 5.74) is 0.970. The fourth-order valence-corrected chi connectivity index (χ4v) is 4.91. The molecular weight excluding hydrogens is 350 g/mol. The van der Waals surface area contributed by atoms with Crippen LogP contribution in [0.4, 0.5) is 5.69 Å². The van der Waals surface area contributed by atoms with Crippen LogP contribution in [0.2, 0.25) is 0 Å². The number of carbonyl (C=O) groups is 1. The van der Waals surface area contributed by atoms with Crippen molar-refractivity contribution >= 4 is 27.5 Å². The minimum atomic E-state index is -3.78. The number of fused-ring (bicyclic) bond motifs is 1. The zero-order valence-corrected chi connectivity index (χ0v) is 16.5. The lowest BCUT2D eigenvalue weighted by Gasteiger charge is -2.31. The predicted molar refractivity (Wildman–Crippen MR) is 103 cm³/mol. The van der Waals surface area contributed by atoms with Crippen molar-refractivity contribution in [2.24, 2.45) is 10.3 Å². The minimum absolute atomic E-state index is 0.111. The quantitative estimate of drug-likeness (QED) is 0.873. The summed E-state index contributed by atoms with van der Waals surface area (Å²) in [5.74, 6) is 0.602. The van der Waals surface area contributed by atoms with E-state index in [0.29, 0.717) is 29.5 Å². The van der Waals surface area contributed by atoms with Gasteiger partial charge in [0.25, 0.3) is 15.9 Å². The molecule has 142 valence electrons. The van der Waals surface area contributed by atoms with E-state index in [1.54, 1.807) is 19.1 Å². The van der Waals surface area contributed by atoms with Crippen molar-refractivity contribution in [2.75, 3.05) is 11.4 Å². The Labute approximate surface area is 155 Å². The van der Waals surface area contributed by atoms with E-state index in [4.69, 9.17) is 0 Å². The van der Waals surface area contributed by atoms with E-state index in [1.807, 2.05) is 4.90 Å². The highest BCUT2D eigenvalue weighted by atomic mass is 32.2. The summed E-state index contributed by atoms with van der Waals surface area (Å²) in [6, 6.07) is 5.08. The van der Waals surface area contributed by atoms with Gasteiger partial charge in [-0.15, -0.1) is 4.40 Å². The van der Waals surface area contributed by atoms with Crippen LogP contribution in [0, 0.1) is 5.92 Å². The third-order valence-electron chi connectivity index (χ3n) is 4.92. The SMILES string of the molecule is CC1=NS(=O)(=O)c2cc(C(=O)NC3CCCCC3)ccc2N1CC(C)C. The Balaban J connectivity index is 1.90. The lowest BCUT2D eigenvalue weighted by atomic mass is 9.95. The van der Waals surface area contributed by atoms with Crippen molar-refractivity contribution in [3.8, 4) is 0 Å². The number of hydrogen-bond acceptors (Lipinski definition) is 4. The van der Waals surface area contributed by atoms with Gasteiger partial charge in [0, 0.05) is 18.2 Å². The predicted octanol–water partition coefficient (Wildman–Crippen LogP) is 3.33. The van der Waals surface area contributed by atoms with Crippen molar-refractivity contribution in [2.45, 2.75) is 63.8 Å². The Morgan fingerprint density at radius 2 is 1.96 bits per heavy atom. The number of amidine groups is 1. The molecule has 0 unspecified atom stereocenters. The lowest BCUT2D eigenvalue weighted by molar-refractivity contribution is 0.0927. The first-order valence-electron chi connectivity index (χ1n) is 9.32. The molecule has 1 aliphatic heterocycles. The fourth-order valence-electron chi connectivity index (χ4n) is 3.64. The highest BCUT2D eigenvalue weighted by molar-refractivity contribution is 7.90. The molecule has 0 bridgehead atoms. The monoisotopic (exact) mass is 377 g/mol. The third-order valence-corrected chi connectivity index (χ3v) is 6.31. The molecule has 7 heteroatoms. The summed E-state index contributed by atoms with van der Waals surface area (Å²) in [4.78, 5) is 14.6. The Morgan fingerprint density at radius 1 is 1.27 bits per heavy atom. The summed E-state index contributed by atoms with van der Waals surface area (Å²) in [7, 11) is -3.78. The molecule has 0 saturated heterocycles. The molecule has 2 aliphatic rings. The van der Waals surface area contributed by atoms with Crippen LogP contribution in [0.15, 0.2) is 27.5 Å². The number of benzene rings is 1. The molecule has 1 N–H and O–H groups in total. The molecule has 1 aliphatic carbocycles. The van der Waals surface area contributed by atoms with E-state index in [-0.39, 0.29) is 16.8 Å². The molecule has 3 rings (SSSR count). The van der Waals surface area contributed by atoms with Gasteiger partial charge in [0.1, 0.15) is 10.7 Å². The van der Waals surface area contributed by atoms with Crippen molar-refractivity contribution in [1.82, 2.24) is 5.32 Å². The summed E-state index contributed by atoms with van der Waals surface area (Å²) >= 11 is 0. The second-order valence-electron chi connectivity index (χ2n) is 7.61. The van der Waals surface area contributed by atoms with Gasteiger partial charge in [-0.05, 0) is 43.9 Å². The molecule has 1 heterocycles. The van der Waals surface area contributed by atoms with Gasteiger partial charge in [0.15, 0.2) is 0 Å². The molecule has 6 nitrogen and oxygen atoms in total. The average Bonchev–Trinajstić information content (AvgIpc) is 2.58. The number of sulfonamides is 1. The number of hydrogen-bond donors (Lipinski definition) is 1. The van der Waals surface area contributed by atoms with E-state index in [0.717, 1.165) is 25.7 Å². The Bertz CT molecular complexity index is 824. The second kappa shape index (κ2) is 7.39. The zero-order valence-electron chi connectivity index (χ0n) is 15.7. The zero-order chi connectivity index (χ0) is 18.9. The number of amides is 1. The Morgan fingerprint density at radius 3 is 2.62 bits per heavy atom. The van der Waals surface area contributed by atoms with Gasteiger partial charge in [-0.1, -0.05) is 33.1 Å². The molecule has 1 saturated carbocycles. The van der Waals surface area contributed by atoms with Crippen LogP contribution >= 0.6 is 0 Å². The first kappa shape index (κ1) is 18.9. The Kier molecular flexibility index (Phi) is 5.37. The summed E-state index contributed by atoms with van der Waals surface area (Å²) < 4.78 is 29.0. The normalized spacial score (nSPS) is 19.8. The summed E-state index contributed by atoms with van der Waals surface area (Å²) in [6.07, 6.45) is 5.44. The first-order valence-corrected chi connectivity index (χ1v) is 10.8. The van der Waals surface area contributed by atoms with Crippen LogP contribution in [0.1, 0.15) is 63.2 Å². The minimum Gasteiger partial charge on any atom is -0.349 e. The van der Waals surface area contributed by atoms with Gasteiger partial charge in [-0.2, -0.15) is 8.42 Å². The van der Waals surface area contributed by atoms with Gasteiger partial charge >= 0.3 is 0 Å². The van der Waals surface area contributed by atoms with Crippen molar-refractivity contribution in [3.63, 3.8) is 0 Å². The first-order chi connectivity index (χ1) is 12.3. The molecule has 0 aromatic heterocycles. The number of rotatable bonds is 4. The molecule has 0 radical (unpaired) electrons. The molecule has 1 fully saturated rings. The van der Waals surface area contributed by atoms with Crippen LogP contribution in [-0.2, 0) is 10.0 Å². The van der Waals surface area contributed by atoms with Crippen LogP contribution in [0.25, 0.3) is 0 Å². The topological polar surface area (TPSA) is 78.8 Å². The highest BCUT2D eigenvalue weighted by Crippen LogP contribution is 2.33. The largest absolute Gasteiger partial charge is 0.349 e. The van der Waals surface area contributed by atoms with Gasteiger partial charge in [0.2, 0.25) is 0 Å². The van der Waals surface area contributed by atoms with Crippen molar-refractivity contribution < 1.29 is 13.2 Å². The fraction of sp³-hybridized carbons (Fsp3) is 0.579. The summed E-state index contributed by atoms with van der Waals surface area (Å²) in [6.45, 7) is 6.52. The highest BCUT2D eigenvalue weighted by Gasteiger charge is 2.30. The van der Waals surface area contributed by atoms with Gasteiger partial charge < -0.3 is 10.2 Å². The number of nitrogens with zero attached hydrogens (tertiary/aromatic N) is 2. The molecular formula is C19H27N3O3S. The smallest absolute Gasteiger partial charge is 0.286 e. The molecule has 26 heavy (non-hydrogen) atoms. The third kappa shape index (κ3) is 3.92. The van der Waals surface area contributed by atoms with Gasteiger partial charge in [-0.3, -0.25) is 4.79 Å². The maximum Gasteiger partial charge on any atom is 0.286 e. The van der Waals surface area contributed by atoms with E-state index >= 15 is 0 Å². The van der Waals surface area contributed by atoms with E-state index in [1.165, 1.54) is 12.5 Å². The van der Waals surface area contributed by atoms with E-state index in [9.17, 15) is 13.2 Å². The molecule has 1 aromatic rings. The summed E-state index contributed by atoms with van der Waals surface area (Å²) in [5, 5.41) is 3.04. The molecule has 0 spiro atoms. The number of carbonyl (C=O) groups excluding carboxylic acids is 1. The van der Waals surface area contributed by atoms with Crippen LogP contribution < -0.4 is 10.2 Å². The second-order valence-corrected chi connectivity index (χ2v) is 9.18. The molecule has 1 aromatic carbocycles. The maximum atomic E-state index is 12.6. The average molecular weight is 378 g/mol. The van der Waals surface area contributed by atoms with Crippen LogP contribution in [-0.4, -0.2) is 32.7 Å². The Hall–Kier alpha value is -1.89. The molecule has 0 atom stereocenters. The van der Waals surface area contributed by atoms with Crippen molar-refractivity contribution in [1.29, 1.82) is 0 Å². The number of nitrogens with one attached hydrogen (secondary N) is 1. The van der Waals surface area contributed by atoms with Gasteiger partial charge in [0.05, 0.1) is 5.69 Å². The molecule has 1 amide bonds.